The standard InChI is InChI=1S/C11H18F3NO3/c12-11(13,14)8-18-6-3-10(17)15-4-1-9(7-16)2-5-15/h9,16H,1-8H2. The second-order valence-corrected chi connectivity index (χ2v) is 4.42. The molecule has 1 heterocycles. The van der Waals surface area contributed by atoms with Gasteiger partial charge in [0.2, 0.25) is 5.91 Å². The number of hydrogen-bond donors (Lipinski definition) is 1. The van der Waals surface area contributed by atoms with E-state index in [9.17, 15) is 18.0 Å². The number of alkyl halides is 3. The average Bonchev–Trinajstić information content (AvgIpc) is 2.33. The van der Waals surface area contributed by atoms with Gasteiger partial charge in [-0.15, -0.1) is 0 Å². The van der Waals surface area contributed by atoms with Gasteiger partial charge < -0.3 is 14.7 Å². The Kier molecular flexibility index (Phi) is 5.87. The Morgan fingerprint density at radius 2 is 1.94 bits per heavy atom. The van der Waals surface area contributed by atoms with Gasteiger partial charge >= 0.3 is 6.18 Å². The molecule has 18 heavy (non-hydrogen) atoms. The molecule has 0 bridgehead atoms. The molecule has 0 aromatic carbocycles. The highest BCUT2D eigenvalue weighted by Gasteiger charge is 2.27. The molecule has 0 spiro atoms. The van der Waals surface area contributed by atoms with Gasteiger partial charge in [0.15, 0.2) is 0 Å². The van der Waals surface area contributed by atoms with E-state index in [0.29, 0.717) is 13.1 Å². The zero-order valence-electron chi connectivity index (χ0n) is 10.1. The van der Waals surface area contributed by atoms with Crippen LogP contribution in [-0.2, 0) is 9.53 Å². The summed E-state index contributed by atoms with van der Waals surface area (Å²) in [6.45, 7) is -0.283. The smallest absolute Gasteiger partial charge is 0.396 e. The van der Waals surface area contributed by atoms with Crippen molar-refractivity contribution in [3.05, 3.63) is 0 Å². The van der Waals surface area contributed by atoms with Crippen molar-refractivity contribution in [1.82, 2.24) is 4.90 Å². The lowest BCUT2D eigenvalue weighted by molar-refractivity contribution is -0.175. The van der Waals surface area contributed by atoms with Gasteiger partial charge in [0.1, 0.15) is 6.61 Å². The second kappa shape index (κ2) is 6.94. The zero-order valence-corrected chi connectivity index (χ0v) is 10.1. The summed E-state index contributed by atoms with van der Waals surface area (Å²) in [7, 11) is 0. The van der Waals surface area contributed by atoms with E-state index in [1.165, 1.54) is 0 Å². The number of nitrogens with zero attached hydrogens (tertiary/aromatic N) is 1. The second-order valence-electron chi connectivity index (χ2n) is 4.42. The Bertz CT molecular complexity index is 263. The summed E-state index contributed by atoms with van der Waals surface area (Å²) in [4.78, 5) is 13.2. The number of hydrogen-bond acceptors (Lipinski definition) is 3. The molecule has 1 amide bonds. The van der Waals surface area contributed by atoms with Gasteiger partial charge in [-0.2, -0.15) is 13.2 Å². The van der Waals surface area contributed by atoms with E-state index in [-0.39, 0.29) is 31.5 Å². The van der Waals surface area contributed by atoms with Crippen molar-refractivity contribution >= 4 is 5.91 Å². The summed E-state index contributed by atoms with van der Waals surface area (Å²) in [5.74, 6) is 0.0455. The molecule has 0 unspecified atom stereocenters. The monoisotopic (exact) mass is 269 g/mol. The van der Waals surface area contributed by atoms with E-state index in [0.717, 1.165) is 12.8 Å². The van der Waals surface area contributed by atoms with Crippen LogP contribution in [0.15, 0.2) is 0 Å². The van der Waals surface area contributed by atoms with Gasteiger partial charge in [0, 0.05) is 19.7 Å². The van der Waals surface area contributed by atoms with Gasteiger partial charge in [-0.05, 0) is 18.8 Å². The molecule has 0 aromatic heterocycles. The normalized spacial score (nSPS) is 18.1. The molecule has 1 saturated heterocycles. The highest BCUT2D eigenvalue weighted by Crippen LogP contribution is 2.17. The molecule has 4 nitrogen and oxygen atoms in total. The van der Waals surface area contributed by atoms with Gasteiger partial charge in [-0.1, -0.05) is 0 Å². The minimum Gasteiger partial charge on any atom is -0.396 e. The summed E-state index contributed by atoms with van der Waals surface area (Å²) in [5, 5.41) is 8.94. The number of rotatable bonds is 5. The Balaban J connectivity index is 2.14. The van der Waals surface area contributed by atoms with Crippen LogP contribution in [0.3, 0.4) is 0 Å². The van der Waals surface area contributed by atoms with Crippen LogP contribution in [0.5, 0.6) is 0 Å². The predicted molar refractivity (Wildman–Crippen MR) is 57.9 cm³/mol. The van der Waals surface area contributed by atoms with Crippen LogP contribution < -0.4 is 0 Å². The fourth-order valence-corrected chi connectivity index (χ4v) is 1.87. The molecule has 0 saturated carbocycles. The van der Waals surface area contributed by atoms with Crippen LogP contribution in [0.25, 0.3) is 0 Å². The van der Waals surface area contributed by atoms with Crippen molar-refractivity contribution in [3.8, 4) is 0 Å². The zero-order chi connectivity index (χ0) is 13.6. The third-order valence-electron chi connectivity index (χ3n) is 2.95. The Hall–Kier alpha value is -0.820. The number of aliphatic hydroxyl groups is 1. The molecule has 1 fully saturated rings. The number of ether oxygens (including phenoxy) is 1. The quantitative estimate of drug-likeness (QED) is 0.763. The number of amides is 1. The molecule has 0 radical (unpaired) electrons. The van der Waals surface area contributed by atoms with E-state index < -0.39 is 12.8 Å². The maximum Gasteiger partial charge on any atom is 0.411 e. The van der Waals surface area contributed by atoms with Crippen LogP contribution in [0.4, 0.5) is 13.2 Å². The molecule has 1 aliphatic rings. The highest BCUT2D eigenvalue weighted by atomic mass is 19.4. The van der Waals surface area contributed by atoms with Gasteiger partial charge in [-0.3, -0.25) is 4.79 Å². The fraction of sp³-hybridized carbons (Fsp3) is 0.909. The Labute approximate surface area is 104 Å². The van der Waals surface area contributed by atoms with Gasteiger partial charge in [0.25, 0.3) is 0 Å². The molecule has 0 aliphatic carbocycles. The fourth-order valence-electron chi connectivity index (χ4n) is 1.87. The molecule has 1 N–H and O–H groups in total. The lowest BCUT2D eigenvalue weighted by Gasteiger charge is -2.31. The number of aliphatic hydroxyl groups excluding tert-OH is 1. The minimum atomic E-state index is -4.34. The summed E-state index contributed by atoms with van der Waals surface area (Å²) >= 11 is 0. The molecular formula is C11H18F3NO3. The predicted octanol–water partition coefficient (Wildman–Crippen LogP) is 1.19. The highest BCUT2D eigenvalue weighted by molar-refractivity contribution is 5.76. The van der Waals surface area contributed by atoms with Crippen LogP contribution >= 0.6 is 0 Å². The maximum absolute atomic E-state index is 11.8. The van der Waals surface area contributed by atoms with E-state index in [4.69, 9.17) is 5.11 Å². The Morgan fingerprint density at radius 1 is 1.33 bits per heavy atom. The van der Waals surface area contributed by atoms with Crippen LogP contribution in [0.1, 0.15) is 19.3 Å². The number of piperidine rings is 1. The van der Waals surface area contributed by atoms with Crippen molar-refractivity contribution < 1.29 is 27.8 Å². The van der Waals surface area contributed by atoms with Crippen molar-refractivity contribution in [1.29, 1.82) is 0 Å². The summed E-state index contributed by atoms with van der Waals surface area (Å²) in [6.07, 6.45) is -2.89. The summed E-state index contributed by atoms with van der Waals surface area (Å²) < 4.78 is 39.7. The molecule has 106 valence electrons. The Morgan fingerprint density at radius 3 is 2.44 bits per heavy atom. The number of carbonyl (C=O) groups excluding carboxylic acids is 1. The average molecular weight is 269 g/mol. The summed E-state index contributed by atoms with van der Waals surface area (Å²) in [6, 6.07) is 0. The SMILES string of the molecule is O=C(CCOCC(F)(F)F)N1CCC(CO)CC1. The van der Waals surface area contributed by atoms with E-state index in [1.54, 1.807) is 4.90 Å². The third kappa shape index (κ3) is 5.68. The van der Waals surface area contributed by atoms with Gasteiger partial charge in [0.05, 0.1) is 13.0 Å². The topological polar surface area (TPSA) is 49.8 Å². The maximum atomic E-state index is 11.8. The first-order valence-electron chi connectivity index (χ1n) is 5.95. The van der Waals surface area contributed by atoms with E-state index in [2.05, 4.69) is 4.74 Å². The van der Waals surface area contributed by atoms with Crippen molar-refractivity contribution in [2.24, 2.45) is 5.92 Å². The van der Waals surface area contributed by atoms with Crippen molar-refractivity contribution in [3.63, 3.8) is 0 Å². The minimum absolute atomic E-state index is 0.0279. The molecule has 7 heteroatoms. The molecular weight excluding hydrogens is 251 g/mol. The summed E-state index contributed by atoms with van der Waals surface area (Å²) in [5.41, 5.74) is 0. The molecule has 1 aliphatic heterocycles. The van der Waals surface area contributed by atoms with Crippen molar-refractivity contribution in [2.45, 2.75) is 25.4 Å². The number of halogens is 3. The first kappa shape index (κ1) is 15.2. The van der Waals surface area contributed by atoms with Crippen LogP contribution in [0.2, 0.25) is 0 Å². The molecule has 1 rings (SSSR count). The molecule has 0 aromatic rings. The first-order valence-corrected chi connectivity index (χ1v) is 5.95. The van der Waals surface area contributed by atoms with Crippen LogP contribution in [0, 0.1) is 5.92 Å². The number of carbonyl (C=O) groups is 1. The van der Waals surface area contributed by atoms with E-state index >= 15 is 0 Å². The first-order chi connectivity index (χ1) is 8.42. The molecule has 0 atom stereocenters. The largest absolute Gasteiger partial charge is 0.411 e. The lowest BCUT2D eigenvalue weighted by Crippen LogP contribution is -2.39. The lowest BCUT2D eigenvalue weighted by atomic mass is 9.98. The van der Waals surface area contributed by atoms with Crippen LogP contribution in [-0.4, -0.2) is 55.0 Å². The third-order valence-corrected chi connectivity index (χ3v) is 2.95. The van der Waals surface area contributed by atoms with E-state index in [1.807, 2.05) is 0 Å². The van der Waals surface area contributed by atoms with Crippen molar-refractivity contribution in [2.75, 3.05) is 32.9 Å². The number of likely N-dealkylation sites (tertiary alicyclic amines) is 1. The van der Waals surface area contributed by atoms with Gasteiger partial charge in [-0.25, -0.2) is 0 Å².